The van der Waals surface area contributed by atoms with Gasteiger partial charge in [0.15, 0.2) is 0 Å². The summed E-state index contributed by atoms with van der Waals surface area (Å²) in [5.41, 5.74) is 10.6. The van der Waals surface area contributed by atoms with Crippen molar-refractivity contribution in [3.63, 3.8) is 0 Å². The van der Waals surface area contributed by atoms with Crippen LogP contribution in [0.4, 0.5) is 0 Å². The molecule has 4 nitrogen and oxygen atoms in total. The van der Waals surface area contributed by atoms with Crippen LogP contribution in [0.15, 0.2) is 0 Å². The van der Waals surface area contributed by atoms with Crippen LogP contribution in [0, 0.1) is 0 Å². The zero-order valence-electron chi connectivity index (χ0n) is 9.25. The Morgan fingerprint density at radius 1 is 1.15 bits per heavy atom. The summed E-state index contributed by atoms with van der Waals surface area (Å²) in [4.78, 5) is 0. The highest BCUT2D eigenvalue weighted by molar-refractivity contribution is 6.46. The molecule has 0 aromatic carbocycles. The first-order valence-corrected chi connectivity index (χ1v) is 6.43. The topological polar surface area (TPSA) is 70.5 Å². The van der Waals surface area contributed by atoms with Gasteiger partial charge in [0.2, 0.25) is 0 Å². The number of hydrogen-bond acceptors (Lipinski definition) is 4. The molecular formula is C8H24N2O2Si. The molecule has 0 aromatic rings. The van der Waals surface area contributed by atoms with Crippen molar-refractivity contribution >= 4 is 9.28 Å². The van der Waals surface area contributed by atoms with Crippen LogP contribution in [0.25, 0.3) is 0 Å². The third-order valence-corrected chi connectivity index (χ3v) is 3.27. The Labute approximate surface area is 83.4 Å². The Balaban J connectivity index is 0. The lowest BCUT2D eigenvalue weighted by atomic mass is 10.8. The molecule has 0 bridgehead atoms. The van der Waals surface area contributed by atoms with Crippen LogP contribution >= 0.6 is 0 Å². The quantitative estimate of drug-likeness (QED) is 0.630. The van der Waals surface area contributed by atoms with Crippen LogP contribution in [0.2, 0.25) is 0 Å². The molecule has 82 valence electrons. The lowest BCUT2D eigenvalue weighted by Crippen LogP contribution is -2.41. The smallest absolute Gasteiger partial charge is 0.338 e. The molecule has 1 unspecified atom stereocenters. The van der Waals surface area contributed by atoms with Gasteiger partial charge in [-0.2, -0.15) is 0 Å². The van der Waals surface area contributed by atoms with Gasteiger partial charge in [-0.05, 0) is 27.3 Å². The lowest BCUT2D eigenvalue weighted by molar-refractivity contribution is 0.206. The minimum absolute atomic E-state index is 0.0832. The van der Waals surface area contributed by atoms with Crippen LogP contribution in [-0.4, -0.2) is 34.7 Å². The molecule has 0 rings (SSSR count). The second kappa shape index (κ2) is 12.1. The first-order valence-electron chi connectivity index (χ1n) is 4.82. The van der Waals surface area contributed by atoms with Gasteiger partial charge in [-0.15, -0.1) is 0 Å². The van der Waals surface area contributed by atoms with Crippen LogP contribution in [-0.2, 0) is 8.85 Å². The molecule has 4 N–H and O–H groups in total. The van der Waals surface area contributed by atoms with E-state index in [0.717, 1.165) is 6.54 Å². The van der Waals surface area contributed by atoms with Gasteiger partial charge in [0.1, 0.15) is 0 Å². The summed E-state index contributed by atoms with van der Waals surface area (Å²) in [5.74, 6) is 0. The first-order chi connectivity index (χ1) is 6.13. The van der Waals surface area contributed by atoms with Gasteiger partial charge in [-0.1, -0.05) is 6.92 Å². The molecule has 0 fully saturated rings. The second-order valence-electron chi connectivity index (χ2n) is 2.55. The zero-order chi connectivity index (χ0) is 10.7. The van der Waals surface area contributed by atoms with Crippen molar-refractivity contribution in [3.8, 4) is 0 Å². The van der Waals surface area contributed by atoms with Gasteiger partial charge in [-0.25, -0.2) is 0 Å². The maximum absolute atomic E-state index is 5.62. The van der Waals surface area contributed by atoms with Gasteiger partial charge in [-0.3, -0.25) is 0 Å². The van der Waals surface area contributed by atoms with Crippen LogP contribution in [0.3, 0.4) is 0 Å². The third-order valence-electron chi connectivity index (χ3n) is 1.09. The highest BCUT2D eigenvalue weighted by atomic mass is 28.3. The molecule has 0 radical (unpaired) electrons. The molecule has 0 amide bonds. The molecule has 0 spiro atoms. The maximum Gasteiger partial charge on any atom is 0.338 e. The predicted molar refractivity (Wildman–Crippen MR) is 58.8 cm³/mol. The van der Waals surface area contributed by atoms with Crippen molar-refractivity contribution < 1.29 is 8.85 Å². The largest absolute Gasteiger partial charge is 0.396 e. The van der Waals surface area contributed by atoms with Crippen LogP contribution in [0.1, 0.15) is 27.7 Å². The Bertz CT molecular complexity index is 88.2. The predicted octanol–water partition coefficient (Wildman–Crippen LogP) is 0.131. The summed E-state index contributed by atoms with van der Waals surface area (Å²) in [6.07, 6.45) is 0. The van der Waals surface area contributed by atoms with E-state index in [2.05, 4.69) is 0 Å². The average Bonchev–Trinajstić information content (AvgIpc) is 2.05. The van der Waals surface area contributed by atoms with Gasteiger partial charge >= 0.3 is 9.28 Å². The molecule has 1 atom stereocenters. The molecular weight excluding hydrogens is 184 g/mol. The molecule has 0 aliphatic rings. The fraction of sp³-hybridized carbons (Fsp3) is 1.00. The molecule has 5 heteroatoms. The average molecular weight is 208 g/mol. The van der Waals surface area contributed by atoms with Crippen LogP contribution in [0.5, 0.6) is 0 Å². The summed E-state index contributed by atoms with van der Waals surface area (Å²) in [6, 6.07) is 0. The summed E-state index contributed by atoms with van der Waals surface area (Å²) in [5, 5.41) is 0. The Kier molecular flexibility index (Phi) is 14.4. The van der Waals surface area contributed by atoms with Crippen molar-refractivity contribution in [2.75, 3.05) is 19.8 Å². The van der Waals surface area contributed by atoms with Crippen molar-refractivity contribution in [2.45, 2.75) is 33.4 Å². The van der Waals surface area contributed by atoms with Gasteiger partial charge in [0.05, 0.1) is 0 Å². The molecule has 0 heterocycles. The highest BCUT2D eigenvalue weighted by Crippen LogP contribution is 1.93. The Morgan fingerprint density at radius 3 is 1.62 bits per heavy atom. The van der Waals surface area contributed by atoms with Gasteiger partial charge in [0.25, 0.3) is 0 Å². The van der Waals surface area contributed by atoms with E-state index >= 15 is 0 Å². The molecule has 0 saturated heterocycles. The highest BCUT2D eigenvalue weighted by Gasteiger charge is 2.16. The number of nitrogens with two attached hydrogens (primary N) is 2. The van der Waals surface area contributed by atoms with E-state index < -0.39 is 9.28 Å². The zero-order valence-corrected chi connectivity index (χ0v) is 10.4. The van der Waals surface area contributed by atoms with E-state index in [-0.39, 0.29) is 5.67 Å². The number of rotatable bonds is 5. The Hall–Kier alpha value is 0.0569. The fourth-order valence-electron chi connectivity index (χ4n) is 0.680. The maximum atomic E-state index is 5.62. The van der Waals surface area contributed by atoms with Crippen LogP contribution < -0.4 is 11.5 Å². The van der Waals surface area contributed by atoms with E-state index in [1.54, 1.807) is 0 Å². The molecule has 0 aromatic heterocycles. The van der Waals surface area contributed by atoms with E-state index in [4.69, 9.17) is 20.3 Å². The first kappa shape index (κ1) is 15.5. The normalized spacial score (nSPS) is 12.2. The second-order valence-corrected chi connectivity index (χ2v) is 5.00. The lowest BCUT2D eigenvalue weighted by Gasteiger charge is -2.17. The van der Waals surface area contributed by atoms with E-state index in [1.165, 1.54) is 0 Å². The minimum Gasteiger partial charge on any atom is -0.396 e. The van der Waals surface area contributed by atoms with E-state index in [1.807, 2.05) is 27.7 Å². The number of hydrogen-bond donors (Lipinski definition) is 2. The summed E-state index contributed by atoms with van der Waals surface area (Å²) >= 11 is 0. The van der Waals surface area contributed by atoms with Gasteiger partial charge < -0.3 is 20.3 Å². The van der Waals surface area contributed by atoms with Crippen molar-refractivity contribution in [1.29, 1.82) is 0 Å². The minimum atomic E-state index is -1.53. The molecule has 0 saturated carbocycles. The van der Waals surface area contributed by atoms with Crippen molar-refractivity contribution in [1.82, 2.24) is 0 Å². The third kappa shape index (κ3) is 12.1. The summed E-state index contributed by atoms with van der Waals surface area (Å²) < 4.78 is 10.7. The summed E-state index contributed by atoms with van der Waals surface area (Å²) in [6.45, 7) is 9.92. The molecule has 0 aliphatic heterocycles. The fourth-order valence-corrected chi connectivity index (χ4v) is 2.04. The monoisotopic (exact) mass is 208 g/mol. The standard InChI is InChI=1S/C6H17NO2Si.C2H7N/c1-4-8-10(6(3)7)9-5-2;1-2-3/h6,10H,4-5,7H2,1-3H3;2-3H2,1H3. The SMILES string of the molecule is CCN.CCO[SiH](OCC)C(C)N. The summed E-state index contributed by atoms with van der Waals surface area (Å²) in [7, 11) is -1.53. The van der Waals surface area contributed by atoms with Crippen molar-refractivity contribution in [3.05, 3.63) is 0 Å². The molecule has 0 aliphatic carbocycles. The van der Waals surface area contributed by atoms with E-state index in [0.29, 0.717) is 13.2 Å². The van der Waals surface area contributed by atoms with Crippen molar-refractivity contribution in [2.24, 2.45) is 11.5 Å². The van der Waals surface area contributed by atoms with E-state index in [9.17, 15) is 0 Å². The molecule has 13 heavy (non-hydrogen) atoms. The Morgan fingerprint density at radius 2 is 1.46 bits per heavy atom. The van der Waals surface area contributed by atoms with Gasteiger partial charge in [0, 0.05) is 18.9 Å².